The Kier molecular flexibility index (Phi) is 10.5. The molecule has 0 heterocycles. The number of ether oxygens (including phenoxy) is 2. The quantitative estimate of drug-likeness (QED) is 0.441. The predicted molar refractivity (Wildman–Crippen MR) is 91.4 cm³/mol. The molecule has 0 unspecified atom stereocenters. The molecule has 0 bridgehead atoms. The number of methoxy groups -OCH3 is 2. The molecule has 0 aromatic rings. The predicted octanol–water partition coefficient (Wildman–Crippen LogP) is 0.784. The zero-order chi connectivity index (χ0) is 19.6. The molecule has 2 amide bonds. The number of amides is 2. The van der Waals surface area contributed by atoms with Crippen molar-refractivity contribution in [3.05, 3.63) is 0 Å². The average Bonchev–Trinajstić information content (AvgIpc) is 2.50. The Bertz CT molecular complexity index is 434. The van der Waals surface area contributed by atoms with Crippen molar-refractivity contribution in [3.63, 3.8) is 0 Å². The summed E-state index contributed by atoms with van der Waals surface area (Å²) in [6.07, 6.45) is 0.313. The van der Waals surface area contributed by atoms with Crippen LogP contribution in [0.1, 0.15) is 47.0 Å². The Morgan fingerprint density at radius 1 is 0.720 bits per heavy atom. The largest absolute Gasteiger partial charge is 0.467 e. The van der Waals surface area contributed by atoms with Crippen molar-refractivity contribution in [2.75, 3.05) is 14.2 Å². The molecule has 2 N–H and O–H groups in total. The van der Waals surface area contributed by atoms with E-state index in [2.05, 4.69) is 20.1 Å². The van der Waals surface area contributed by atoms with Crippen molar-refractivity contribution in [3.8, 4) is 0 Å². The first-order chi connectivity index (χ1) is 11.6. The number of carbonyl (C=O) groups is 4. The molecule has 0 saturated heterocycles. The monoisotopic (exact) mass is 358 g/mol. The van der Waals surface area contributed by atoms with E-state index in [1.54, 1.807) is 0 Å². The summed E-state index contributed by atoms with van der Waals surface area (Å²) in [6, 6.07) is -1.62. The summed E-state index contributed by atoms with van der Waals surface area (Å²) in [4.78, 5) is 47.4. The molecule has 144 valence electrons. The molecule has 0 aliphatic carbocycles. The Morgan fingerprint density at radius 3 is 1.28 bits per heavy atom. The molecular formula is C17H30N2O6. The molecule has 0 aliphatic rings. The van der Waals surface area contributed by atoms with Crippen molar-refractivity contribution in [2.45, 2.75) is 59.0 Å². The molecule has 0 spiro atoms. The number of carbonyl (C=O) groups excluding carboxylic acids is 4. The molecule has 0 aliphatic heterocycles. The average molecular weight is 358 g/mol. The van der Waals surface area contributed by atoms with Gasteiger partial charge in [-0.2, -0.15) is 0 Å². The smallest absolute Gasteiger partial charge is 0.328 e. The third-order valence-corrected chi connectivity index (χ3v) is 3.38. The van der Waals surface area contributed by atoms with Crippen molar-refractivity contribution in [2.24, 2.45) is 11.8 Å². The molecule has 25 heavy (non-hydrogen) atoms. The van der Waals surface area contributed by atoms with Crippen LogP contribution in [0.2, 0.25) is 0 Å². The van der Waals surface area contributed by atoms with Gasteiger partial charge in [-0.1, -0.05) is 27.7 Å². The summed E-state index contributed by atoms with van der Waals surface area (Å²) in [5.74, 6) is -2.02. The second-order valence-corrected chi connectivity index (χ2v) is 6.72. The number of esters is 2. The van der Waals surface area contributed by atoms with Gasteiger partial charge in [-0.25, -0.2) is 9.59 Å². The van der Waals surface area contributed by atoms with E-state index in [9.17, 15) is 19.2 Å². The lowest BCUT2D eigenvalue weighted by Crippen LogP contribution is -2.46. The van der Waals surface area contributed by atoms with Gasteiger partial charge in [0, 0.05) is 0 Å². The van der Waals surface area contributed by atoms with Gasteiger partial charge in [-0.05, 0) is 24.7 Å². The number of rotatable bonds is 10. The summed E-state index contributed by atoms with van der Waals surface area (Å²) in [5.41, 5.74) is 0. The molecule has 0 fully saturated rings. The van der Waals surface area contributed by atoms with Crippen LogP contribution in [0.3, 0.4) is 0 Å². The van der Waals surface area contributed by atoms with E-state index in [4.69, 9.17) is 0 Å². The molecule has 8 nitrogen and oxygen atoms in total. The molecular weight excluding hydrogens is 328 g/mol. The molecule has 0 radical (unpaired) electrons. The molecule has 0 rings (SSSR count). The Hall–Kier alpha value is -2.12. The van der Waals surface area contributed by atoms with Gasteiger partial charge in [0.25, 0.3) is 0 Å². The number of nitrogens with one attached hydrogen (secondary N) is 2. The maximum absolute atomic E-state index is 12.0. The van der Waals surface area contributed by atoms with Gasteiger partial charge in [0.2, 0.25) is 11.8 Å². The van der Waals surface area contributed by atoms with Crippen LogP contribution in [0.4, 0.5) is 0 Å². The van der Waals surface area contributed by atoms with E-state index in [1.165, 1.54) is 14.2 Å². The summed E-state index contributed by atoms with van der Waals surface area (Å²) in [6.45, 7) is 7.62. The maximum atomic E-state index is 12.0. The van der Waals surface area contributed by atoms with Crippen LogP contribution in [-0.4, -0.2) is 50.1 Å². The minimum absolute atomic E-state index is 0.160. The first kappa shape index (κ1) is 22.9. The van der Waals surface area contributed by atoms with Crippen LogP contribution in [0.5, 0.6) is 0 Å². The first-order valence-electron chi connectivity index (χ1n) is 8.35. The number of hydrogen-bond donors (Lipinski definition) is 2. The van der Waals surface area contributed by atoms with Gasteiger partial charge in [0.1, 0.15) is 18.5 Å². The second-order valence-electron chi connectivity index (χ2n) is 6.72. The minimum atomic E-state index is -0.808. The van der Waals surface area contributed by atoms with E-state index in [0.717, 1.165) is 0 Å². The summed E-state index contributed by atoms with van der Waals surface area (Å²) in [5, 5.41) is 4.99. The minimum Gasteiger partial charge on any atom is -0.467 e. The number of hydrogen-bond acceptors (Lipinski definition) is 6. The van der Waals surface area contributed by atoms with Crippen LogP contribution >= 0.6 is 0 Å². The van der Waals surface area contributed by atoms with Gasteiger partial charge in [-0.3, -0.25) is 9.59 Å². The molecule has 8 heteroatoms. The van der Waals surface area contributed by atoms with E-state index < -0.39 is 42.3 Å². The molecule has 0 aromatic carbocycles. The van der Waals surface area contributed by atoms with E-state index in [1.807, 2.05) is 27.7 Å². The lowest BCUT2D eigenvalue weighted by Gasteiger charge is -2.20. The highest BCUT2D eigenvalue weighted by Gasteiger charge is 2.26. The summed E-state index contributed by atoms with van der Waals surface area (Å²) in [7, 11) is 2.47. The molecule has 0 saturated carbocycles. The van der Waals surface area contributed by atoms with Gasteiger partial charge in [0.05, 0.1) is 14.2 Å². The van der Waals surface area contributed by atoms with Crippen LogP contribution in [0, 0.1) is 11.8 Å². The Balaban J connectivity index is 4.71. The topological polar surface area (TPSA) is 111 Å². The van der Waals surface area contributed by atoms with Crippen molar-refractivity contribution in [1.29, 1.82) is 0 Å². The van der Waals surface area contributed by atoms with E-state index in [-0.39, 0.29) is 11.8 Å². The first-order valence-corrected chi connectivity index (χ1v) is 8.35. The van der Waals surface area contributed by atoms with Crippen LogP contribution in [0.25, 0.3) is 0 Å². The lowest BCUT2D eigenvalue weighted by atomic mass is 10.0. The highest BCUT2D eigenvalue weighted by Crippen LogP contribution is 2.08. The Labute approximate surface area is 149 Å². The third kappa shape index (κ3) is 9.69. The third-order valence-electron chi connectivity index (χ3n) is 3.38. The van der Waals surface area contributed by atoms with Crippen molar-refractivity contribution < 1.29 is 28.7 Å². The van der Waals surface area contributed by atoms with Crippen LogP contribution in [0.15, 0.2) is 0 Å². The van der Waals surface area contributed by atoms with E-state index in [0.29, 0.717) is 12.8 Å². The van der Waals surface area contributed by atoms with Gasteiger partial charge < -0.3 is 20.1 Å². The fourth-order valence-corrected chi connectivity index (χ4v) is 2.29. The van der Waals surface area contributed by atoms with Crippen molar-refractivity contribution in [1.82, 2.24) is 10.6 Å². The van der Waals surface area contributed by atoms with Crippen LogP contribution in [-0.2, 0) is 28.7 Å². The van der Waals surface area contributed by atoms with Crippen molar-refractivity contribution >= 4 is 23.8 Å². The summed E-state index contributed by atoms with van der Waals surface area (Å²) < 4.78 is 9.32. The zero-order valence-electron chi connectivity index (χ0n) is 15.9. The van der Waals surface area contributed by atoms with Gasteiger partial charge >= 0.3 is 11.9 Å². The molecule has 0 aromatic heterocycles. The fraction of sp³-hybridized carbons (Fsp3) is 0.765. The second kappa shape index (κ2) is 11.4. The normalized spacial score (nSPS) is 13.1. The highest BCUT2D eigenvalue weighted by atomic mass is 16.5. The lowest BCUT2D eigenvalue weighted by molar-refractivity contribution is -0.147. The van der Waals surface area contributed by atoms with E-state index >= 15 is 0 Å². The standard InChI is InChI=1S/C17H30N2O6/c1-10(2)7-12(16(22)24-5)18-14(20)9-15(21)19-13(8-11(3)4)17(23)25-6/h10-13H,7-9H2,1-6H3,(H,18,20)(H,19,21)/t12-,13-/m0/s1. The fourth-order valence-electron chi connectivity index (χ4n) is 2.29. The Morgan fingerprint density at radius 2 is 1.04 bits per heavy atom. The van der Waals surface area contributed by atoms with Crippen LogP contribution < -0.4 is 10.6 Å². The highest BCUT2D eigenvalue weighted by molar-refractivity contribution is 5.99. The van der Waals surface area contributed by atoms with Gasteiger partial charge in [-0.15, -0.1) is 0 Å². The zero-order valence-corrected chi connectivity index (χ0v) is 15.9. The maximum Gasteiger partial charge on any atom is 0.328 e. The SMILES string of the molecule is COC(=O)[C@H](CC(C)C)NC(=O)CC(=O)N[C@@H](CC(C)C)C(=O)OC. The summed E-state index contributed by atoms with van der Waals surface area (Å²) >= 11 is 0. The van der Waals surface area contributed by atoms with Gasteiger partial charge in [0.15, 0.2) is 0 Å². The molecule has 2 atom stereocenters.